The Kier molecular flexibility index (Phi) is 15.4. The maximum absolute atomic E-state index is 12.6. The number of para-hydroxylation sites is 1. The maximum atomic E-state index is 12.6. The van der Waals surface area contributed by atoms with E-state index in [0.717, 1.165) is 81.3 Å². The summed E-state index contributed by atoms with van der Waals surface area (Å²) in [6, 6.07) is 13.7. The van der Waals surface area contributed by atoms with Crippen LogP contribution in [0.2, 0.25) is 10.0 Å². The SMILES string of the molecule is CNC.Cc1ccc(Cl)cc1Cl.O=C(CNC(=O)N1CCCC1)N1CCC(c2ccccc2OCCN2CCCC2)CC1. The summed E-state index contributed by atoms with van der Waals surface area (Å²) in [5, 5.41) is 6.95. The molecule has 3 fully saturated rings. The van der Waals surface area contributed by atoms with Crippen LogP contribution in [0.3, 0.4) is 0 Å². The number of ether oxygens (including phenoxy) is 1. The number of nitrogens with one attached hydrogen (secondary N) is 2. The Morgan fingerprint density at radius 3 is 2.14 bits per heavy atom. The third-order valence-corrected chi connectivity index (χ3v) is 8.63. The van der Waals surface area contributed by atoms with Crippen LogP contribution in [0.25, 0.3) is 0 Å². The van der Waals surface area contributed by atoms with Crippen LogP contribution in [-0.4, -0.2) is 99.7 Å². The summed E-state index contributed by atoms with van der Waals surface area (Å²) in [5.41, 5.74) is 2.32. The number of hydrogen-bond acceptors (Lipinski definition) is 5. The van der Waals surface area contributed by atoms with Crippen molar-refractivity contribution < 1.29 is 14.3 Å². The second kappa shape index (κ2) is 19.0. The number of halogens is 2. The molecule has 0 bridgehead atoms. The molecule has 8 nitrogen and oxygen atoms in total. The van der Waals surface area contributed by atoms with E-state index in [0.29, 0.717) is 10.9 Å². The van der Waals surface area contributed by atoms with E-state index in [1.165, 1.54) is 31.5 Å². The molecule has 0 unspecified atom stereocenters. The van der Waals surface area contributed by atoms with E-state index in [4.69, 9.17) is 27.9 Å². The molecule has 0 aliphatic carbocycles. The van der Waals surface area contributed by atoms with Crippen LogP contribution in [0, 0.1) is 6.92 Å². The number of urea groups is 1. The molecule has 0 aromatic heterocycles. The van der Waals surface area contributed by atoms with Crippen LogP contribution < -0.4 is 15.4 Å². The summed E-state index contributed by atoms with van der Waals surface area (Å²) in [6.07, 6.45) is 6.57. The minimum Gasteiger partial charge on any atom is -0.492 e. The van der Waals surface area contributed by atoms with Crippen LogP contribution in [-0.2, 0) is 4.79 Å². The number of carbonyl (C=O) groups excluding carboxylic acids is 2. The Balaban J connectivity index is 0.000000354. The standard InChI is InChI=1S/C24H36N4O3.C7H6Cl2.C2H7N/c29-23(19-25-24(30)28-13-5-6-14-28)27-15-9-20(10-16-27)21-7-1-2-8-22(21)31-18-17-26-11-3-4-12-26;1-5-2-3-6(8)4-7(5)9;1-3-2/h1-2,7-8,20H,3-6,9-19H2,(H,25,30);2-4H,1H3;3H,1-2H3. The molecular formula is C33H49Cl2N5O3. The highest BCUT2D eigenvalue weighted by Crippen LogP contribution is 2.34. The number of rotatable bonds is 7. The van der Waals surface area contributed by atoms with E-state index in [2.05, 4.69) is 33.7 Å². The number of carbonyl (C=O) groups is 2. The summed E-state index contributed by atoms with van der Waals surface area (Å²) < 4.78 is 6.17. The molecule has 0 spiro atoms. The average Bonchev–Trinajstić information content (AvgIpc) is 3.74. The van der Waals surface area contributed by atoms with Gasteiger partial charge < -0.3 is 25.2 Å². The fourth-order valence-corrected chi connectivity index (χ4v) is 5.95. The zero-order valence-electron chi connectivity index (χ0n) is 26.0. The van der Waals surface area contributed by atoms with Crippen LogP contribution in [0.1, 0.15) is 55.6 Å². The van der Waals surface area contributed by atoms with Crippen molar-refractivity contribution in [2.75, 3.05) is 73.1 Å². The Morgan fingerprint density at radius 2 is 1.51 bits per heavy atom. The fraction of sp³-hybridized carbons (Fsp3) is 0.576. The third-order valence-electron chi connectivity index (χ3n) is 7.99. The molecule has 43 heavy (non-hydrogen) atoms. The first-order chi connectivity index (χ1) is 20.8. The van der Waals surface area contributed by atoms with Gasteiger partial charge in [0.25, 0.3) is 0 Å². The minimum atomic E-state index is -0.110. The quantitative estimate of drug-likeness (QED) is 0.402. The lowest BCUT2D eigenvalue weighted by Crippen LogP contribution is -2.46. The fourth-order valence-electron chi connectivity index (χ4n) is 5.54. The smallest absolute Gasteiger partial charge is 0.317 e. The minimum absolute atomic E-state index is 0.0149. The molecule has 0 atom stereocenters. The van der Waals surface area contributed by atoms with Gasteiger partial charge in [-0.3, -0.25) is 9.69 Å². The van der Waals surface area contributed by atoms with E-state index in [1.807, 2.05) is 44.1 Å². The lowest BCUT2D eigenvalue weighted by molar-refractivity contribution is -0.131. The van der Waals surface area contributed by atoms with Crippen LogP contribution in [0.4, 0.5) is 4.79 Å². The summed E-state index contributed by atoms with van der Waals surface area (Å²) in [5.74, 6) is 1.41. The molecule has 2 aromatic rings. The van der Waals surface area contributed by atoms with Crippen molar-refractivity contribution in [3.05, 3.63) is 63.6 Å². The molecule has 0 radical (unpaired) electrons. The van der Waals surface area contributed by atoms with Crippen molar-refractivity contribution in [1.29, 1.82) is 0 Å². The maximum Gasteiger partial charge on any atom is 0.317 e. The molecule has 10 heteroatoms. The molecular weight excluding hydrogens is 585 g/mol. The van der Waals surface area contributed by atoms with Gasteiger partial charge >= 0.3 is 6.03 Å². The van der Waals surface area contributed by atoms with E-state index in [-0.39, 0.29) is 18.5 Å². The number of piperidine rings is 1. The average molecular weight is 635 g/mol. The second-order valence-corrected chi connectivity index (χ2v) is 12.2. The van der Waals surface area contributed by atoms with Crippen molar-refractivity contribution >= 4 is 35.1 Å². The molecule has 238 valence electrons. The number of amides is 3. The van der Waals surface area contributed by atoms with Gasteiger partial charge in [-0.1, -0.05) is 47.5 Å². The van der Waals surface area contributed by atoms with Gasteiger partial charge in [0, 0.05) is 42.8 Å². The summed E-state index contributed by atoms with van der Waals surface area (Å²) >= 11 is 11.4. The van der Waals surface area contributed by atoms with Crippen LogP contribution in [0.5, 0.6) is 5.75 Å². The summed E-state index contributed by atoms with van der Waals surface area (Å²) in [7, 11) is 3.75. The summed E-state index contributed by atoms with van der Waals surface area (Å²) in [6.45, 7) is 9.18. The number of benzene rings is 2. The van der Waals surface area contributed by atoms with E-state index >= 15 is 0 Å². The van der Waals surface area contributed by atoms with Crippen molar-refractivity contribution in [1.82, 2.24) is 25.3 Å². The van der Waals surface area contributed by atoms with Gasteiger partial charge in [0.1, 0.15) is 12.4 Å². The Labute approximate surface area is 268 Å². The first-order valence-electron chi connectivity index (χ1n) is 15.6. The highest BCUT2D eigenvalue weighted by molar-refractivity contribution is 6.35. The Hall–Kier alpha value is -2.52. The largest absolute Gasteiger partial charge is 0.492 e. The molecule has 3 saturated heterocycles. The summed E-state index contributed by atoms with van der Waals surface area (Å²) in [4.78, 5) is 30.8. The van der Waals surface area contributed by atoms with Gasteiger partial charge in [-0.2, -0.15) is 0 Å². The molecule has 3 amide bonds. The number of likely N-dealkylation sites (tertiary alicyclic amines) is 3. The molecule has 0 saturated carbocycles. The normalized spacial score (nSPS) is 17.0. The molecule has 5 rings (SSSR count). The van der Waals surface area contributed by atoms with E-state index in [1.54, 1.807) is 11.0 Å². The van der Waals surface area contributed by atoms with Gasteiger partial charge in [0.2, 0.25) is 5.91 Å². The highest BCUT2D eigenvalue weighted by atomic mass is 35.5. The first-order valence-corrected chi connectivity index (χ1v) is 16.3. The molecule has 3 heterocycles. The van der Waals surface area contributed by atoms with Crippen molar-refractivity contribution in [3.63, 3.8) is 0 Å². The lowest BCUT2D eigenvalue weighted by atomic mass is 9.89. The van der Waals surface area contributed by atoms with Gasteiger partial charge in [0.05, 0.1) is 6.54 Å². The van der Waals surface area contributed by atoms with Gasteiger partial charge in [-0.15, -0.1) is 0 Å². The third kappa shape index (κ3) is 11.8. The molecule has 2 aromatic carbocycles. The van der Waals surface area contributed by atoms with Crippen molar-refractivity contribution in [2.24, 2.45) is 0 Å². The van der Waals surface area contributed by atoms with Crippen LogP contribution >= 0.6 is 23.2 Å². The first kappa shape index (κ1) is 35.0. The number of nitrogens with zero attached hydrogens (tertiary/aromatic N) is 3. The number of aryl methyl sites for hydroxylation is 1. The van der Waals surface area contributed by atoms with Crippen molar-refractivity contribution in [3.8, 4) is 5.75 Å². The predicted molar refractivity (Wildman–Crippen MR) is 177 cm³/mol. The van der Waals surface area contributed by atoms with E-state index < -0.39 is 0 Å². The monoisotopic (exact) mass is 633 g/mol. The highest BCUT2D eigenvalue weighted by Gasteiger charge is 2.26. The van der Waals surface area contributed by atoms with Crippen molar-refractivity contribution in [2.45, 2.75) is 51.4 Å². The zero-order valence-corrected chi connectivity index (χ0v) is 27.6. The van der Waals surface area contributed by atoms with Gasteiger partial charge in [-0.25, -0.2) is 4.79 Å². The Bertz CT molecular complexity index is 1130. The van der Waals surface area contributed by atoms with Gasteiger partial charge in [-0.05, 0) is 108 Å². The molecule has 2 N–H and O–H groups in total. The number of hydrogen-bond donors (Lipinski definition) is 2. The lowest BCUT2D eigenvalue weighted by Gasteiger charge is -2.33. The Morgan fingerprint density at radius 1 is 0.884 bits per heavy atom. The second-order valence-electron chi connectivity index (χ2n) is 11.3. The van der Waals surface area contributed by atoms with Crippen LogP contribution in [0.15, 0.2) is 42.5 Å². The predicted octanol–water partition coefficient (Wildman–Crippen LogP) is 5.81. The zero-order chi connectivity index (χ0) is 31.0. The van der Waals surface area contributed by atoms with E-state index in [9.17, 15) is 9.59 Å². The van der Waals surface area contributed by atoms with Gasteiger partial charge in [0.15, 0.2) is 0 Å². The molecule has 3 aliphatic rings. The molecule has 3 aliphatic heterocycles. The topological polar surface area (TPSA) is 77.2 Å².